The fourth-order valence-corrected chi connectivity index (χ4v) is 1.73. The van der Waals surface area contributed by atoms with Gasteiger partial charge in [-0.2, -0.15) is 0 Å². The highest BCUT2D eigenvalue weighted by Gasteiger charge is 2.30. The first kappa shape index (κ1) is 9.04. The van der Waals surface area contributed by atoms with Crippen LogP contribution in [0.15, 0.2) is 0 Å². The number of hydrogen-bond donors (Lipinski definition) is 0. The molecule has 0 atom stereocenters. The second-order valence-corrected chi connectivity index (χ2v) is 4.54. The molecule has 0 aliphatic heterocycles. The van der Waals surface area contributed by atoms with Crippen LogP contribution >= 0.6 is 0 Å². The van der Waals surface area contributed by atoms with Gasteiger partial charge in [0, 0.05) is 19.5 Å². The van der Waals surface area contributed by atoms with Crippen molar-refractivity contribution in [2.45, 2.75) is 39.0 Å². The van der Waals surface area contributed by atoms with Gasteiger partial charge >= 0.3 is 0 Å². The van der Waals surface area contributed by atoms with E-state index < -0.39 is 0 Å². The molecule has 2 nitrogen and oxygen atoms in total. The first-order valence-corrected chi connectivity index (χ1v) is 5.57. The van der Waals surface area contributed by atoms with Crippen LogP contribution in [0, 0.1) is 11.8 Å². The van der Waals surface area contributed by atoms with Crippen LogP contribution in [-0.2, 0) is 4.79 Å². The molecule has 0 bridgehead atoms. The normalized spacial score (nSPS) is 21.6. The highest BCUT2D eigenvalue weighted by Crippen LogP contribution is 2.33. The van der Waals surface area contributed by atoms with Crippen molar-refractivity contribution in [1.29, 1.82) is 0 Å². The molecular formula is C11H19NO. The number of carbonyl (C=O) groups is 1. The molecule has 0 unspecified atom stereocenters. The highest BCUT2D eigenvalue weighted by atomic mass is 16.2. The number of amides is 1. The predicted octanol–water partition coefficient (Wildman–Crippen LogP) is 2.04. The van der Waals surface area contributed by atoms with E-state index in [1.165, 1.54) is 25.7 Å². The average molecular weight is 181 g/mol. The summed E-state index contributed by atoms with van der Waals surface area (Å²) in [6.45, 7) is 4.06. The van der Waals surface area contributed by atoms with Gasteiger partial charge in [-0.15, -0.1) is 0 Å². The van der Waals surface area contributed by atoms with E-state index in [2.05, 4.69) is 4.90 Å². The number of rotatable bonds is 5. The van der Waals surface area contributed by atoms with Crippen molar-refractivity contribution < 1.29 is 4.79 Å². The smallest absolute Gasteiger partial charge is 0.222 e. The topological polar surface area (TPSA) is 20.3 Å². The summed E-state index contributed by atoms with van der Waals surface area (Å²) in [7, 11) is 0. The maximum Gasteiger partial charge on any atom is 0.222 e. The second-order valence-electron chi connectivity index (χ2n) is 4.54. The molecule has 2 saturated carbocycles. The van der Waals surface area contributed by atoms with E-state index >= 15 is 0 Å². The van der Waals surface area contributed by atoms with Crippen molar-refractivity contribution in [2.75, 3.05) is 13.1 Å². The molecule has 13 heavy (non-hydrogen) atoms. The molecule has 0 heterocycles. The van der Waals surface area contributed by atoms with E-state index in [9.17, 15) is 4.79 Å². The number of nitrogens with zero attached hydrogens (tertiary/aromatic N) is 1. The van der Waals surface area contributed by atoms with Crippen LogP contribution in [0.4, 0.5) is 0 Å². The monoisotopic (exact) mass is 181 g/mol. The van der Waals surface area contributed by atoms with Crippen molar-refractivity contribution in [3.63, 3.8) is 0 Å². The fourth-order valence-electron chi connectivity index (χ4n) is 1.73. The molecule has 2 aliphatic rings. The largest absolute Gasteiger partial charge is 0.342 e. The SMILES string of the molecule is CCC(=O)N(CC1CC1)CC1CC1. The van der Waals surface area contributed by atoms with Gasteiger partial charge in [0.2, 0.25) is 5.91 Å². The van der Waals surface area contributed by atoms with Crippen LogP contribution in [0.3, 0.4) is 0 Å². The van der Waals surface area contributed by atoms with Crippen LogP contribution in [0.2, 0.25) is 0 Å². The van der Waals surface area contributed by atoms with E-state index in [1.807, 2.05) is 6.92 Å². The van der Waals surface area contributed by atoms with Crippen LogP contribution in [0.25, 0.3) is 0 Å². The summed E-state index contributed by atoms with van der Waals surface area (Å²) in [5.41, 5.74) is 0. The molecule has 0 N–H and O–H groups in total. The number of hydrogen-bond acceptors (Lipinski definition) is 1. The van der Waals surface area contributed by atoms with Gasteiger partial charge in [-0.25, -0.2) is 0 Å². The lowest BCUT2D eigenvalue weighted by Gasteiger charge is -2.21. The summed E-state index contributed by atoms with van der Waals surface area (Å²) in [5.74, 6) is 2.04. The summed E-state index contributed by atoms with van der Waals surface area (Å²) in [6, 6.07) is 0. The van der Waals surface area contributed by atoms with Gasteiger partial charge in [0.05, 0.1) is 0 Å². The van der Waals surface area contributed by atoms with Crippen LogP contribution < -0.4 is 0 Å². The predicted molar refractivity (Wildman–Crippen MR) is 52.3 cm³/mol. The molecule has 2 aliphatic carbocycles. The molecule has 2 rings (SSSR count). The summed E-state index contributed by atoms with van der Waals surface area (Å²) >= 11 is 0. The Morgan fingerprint density at radius 3 is 1.92 bits per heavy atom. The lowest BCUT2D eigenvalue weighted by molar-refractivity contribution is -0.131. The first-order chi connectivity index (χ1) is 6.29. The maximum atomic E-state index is 11.6. The standard InChI is InChI=1S/C11H19NO/c1-2-11(13)12(7-9-3-4-9)8-10-5-6-10/h9-10H,2-8H2,1H3. The van der Waals surface area contributed by atoms with Crippen molar-refractivity contribution in [1.82, 2.24) is 4.90 Å². The zero-order valence-electron chi connectivity index (χ0n) is 8.46. The van der Waals surface area contributed by atoms with Crippen LogP contribution in [0.5, 0.6) is 0 Å². The van der Waals surface area contributed by atoms with Gasteiger partial charge < -0.3 is 4.90 Å². The van der Waals surface area contributed by atoms with Crippen LogP contribution in [0.1, 0.15) is 39.0 Å². The zero-order chi connectivity index (χ0) is 9.26. The van der Waals surface area contributed by atoms with Crippen molar-refractivity contribution in [3.8, 4) is 0 Å². The molecule has 0 saturated heterocycles. The lowest BCUT2D eigenvalue weighted by Crippen LogP contribution is -2.34. The minimum Gasteiger partial charge on any atom is -0.342 e. The van der Waals surface area contributed by atoms with Crippen molar-refractivity contribution in [2.24, 2.45) is 11.8 Å². The molecule has 0 aromatic heterocycles. The van der Waals surface area contributed by atoms with Crippen molar-refractivity contribution in [3.05, 3.63) is 0 Å². The Labute approximate surface area is 80.3 Å². The molecule has 1 amide bonds. The Balaban J connectivity index is 1.80. The second kappa shape index (κ2) is 3.69. The Bertz CT molecular complexity index is 180. The molecule has 0 spiro atoms. The summed E-state index contributed by atoms with van der Waals surface area (Å²) in [4.78, 5) is 13.7. The maximum absolute atomic E-state index is 11.6. The summed E-state index contributed by atoms with van der Waals surface area (Å²) in [5, 5.41) is 0. The van der Waals surface area contributed by atoms with Gasteiger partial charge in [-0.3, -0.25) is 4.79 Å². The third-order valence-electron chi connectivity index (χ3n) is 3.01. The van der Waals surface area contributed by atoms with E-state index in [-0.39, 0.29) is 0 Å². The Kier molecular flexibility index (Phi) is 2.56. The van der Waals surface area contributed by atoms with Gasteiger partial charge in [0.1, 0.15) is 0 Å². The fraction of sp³-hybridized carbons (Fsp3) is 0.909. The summed E-state index contributed by atoms with van der Waals surface area (Å²) < 4.78 is 0. The minimum atomic E-state index is 0.360. The van der Waals surface area contributed by atoms with Gasteiger partial charge in [0.15, 0.2) is 0 Å². The molecule has 2 fully saturated rings. The van der Waals surface area contributed by atoms with E-state index in [4.69, 9.17) is 0 Å². The highest BCUT2D eigenvalue weighted by molar-refractivity contribution is 5.75. The Morgan fingerprint density at radius 2 is 1.62 bits per heavy atom. The van der Waals surface area contributed by atoms with Gasteiger partial charge in [0.25, 0.3) is 0 Å². The van der Waals surface area contributed by atoms with Crippen LogP contribution in [-0.4, -0.2) is 23.9 Å². The van der Waals surface area contributed by atoms with E-state index in [1.54, 1.807) is 0 Å². The molecule has 0 aromatic rings. The molecule has 0 aromatic carbocycles. The average Bonchev–Trinajstić information content (AvgIpc) is 2.94. The molecule has 2 heteroatoms. The van der Waals surface area contributed by atoms with Gasteiger partial charge in [-0.1, -0.05) is 6.92 Å². The van der Waals surface area contributed by atoms with E-state index in [0.717, 1.165) is 24.9 Å². The Hall–Kier alpha value is -0.530. The Morgan fingerprint density at radius 1 is 1.15 bits per heavy atom. The third kappa shape index (κ3) is 2.71. The van der Waals surface area contributed by atoms with E-state index in [0.29, 0.717) is 12.3 Å². The first-order valence-electron chi connectivity index (χ1n) is 5.57. The minimum absolute atomic E-state index is 0.360. The molecule has 0 radical (unpaired) electrons. The molecular weight excluding hydrogens is 162 g/mol. The summed E-state index contributed by atoms with van der Waals surface area (Å²) in [6.07, 6.45) is 6.06. The molecule has 74 valence electrons. The van der Waals surface area contributed by atoms with Crippen molar-refractivity contribution >= 4 is 5.91 Å². The quantitative estimate of drug-likeness (QED) is 0.635. The lowest BCUT2D eigenvalue weighted by atomic mass is 10.3. The number of carbonyl (C=O) groups excluding carboxylic acids is 1. The zero-order valence-corrected chi connectivity index (χ0v) is 8.46. The van der Waals surface area contributed by atoms with Gasteiger partial charge in [-0.05, 0) is 37.5 Å². The third-order valence-corrected chi connectivity index (χ3v) is 3.01.